The summed E-state index contributed by atoms with van der Waals surface area (Å²) in [6, 6.07) is 13.4. The number of rotatable bonds is 7. The molecule has 0 aromatic heterocycles. The van der Waals surface area contributed by atoms with E-state index in [1.807, 2.05) is 0 Å². The number of anilines is 2. The first-order valence-corrected chi connectivity index (χ1v) is 9.78. The van der Waals surface area contributed by atoms with Gasteiger partial charge >= 0.3 is 0 Å². The van der Waals surface area contributed by atoms with Gasteiger partial charge in [-0.15, -0.1) is 6.42 Å². The van der Waals surface area contributed by atoms with Gasteiger partial charge < -0.3 is 20.9 Å². The largest absolute Gasteiger partial charge is 0.345 e. The summed E-state index contributed by atoms with van der Waals surface area (Å²) in [5.41, 5.74) is 2.27. The minimum atomic E-state index is -0.500. The monoisotopic (exact) mass is 418 g/mol. The van der Waals surface area contributed by atoms with Crippen LogP contribution in [0.3, 0.4) is 0 Å². The summed E-state index contributed by atoms with van der Waals surface area (Å²) in [6.07, 6.45) is 6.68. The molecule has 1 heterocycles. The Morgan fingerprint density at radius 3 is 2.42 bits per heavy atom. The minimum absolute atomic E-state index is 0.0710. The summed E-state index contributed by atoms with van der Waals surface area (Å²) in [5.74, 6) is 1.20. The Hall–Kier alpha value is -4.12. The van der Waals surface area contributed by atoms with Crippen molar-refractivity contribution >= 4 is 35.0 Å². The number of amides is 4. The summed E-state index contributed by atoms with van der Waals surface area (Å²) in [7, 11) is 0. The molecule has 4 amide bonds. The standard InChI is InChI=1S/C23H22N4O4/c1-2-16-5-3-6-18(13-16)26-21(29)15-24-20(28)14-25-23(31)17-8-10-19(11-9-17)27-12-4-7-22(27)30/h1,3,5-6,8-11,13H,4,7,12,14-15H2,(H,24,28)(H,25,31)(H,26,29). The molecule has 1 aliphatic heterocycles. The lowest BCUT2D eigenvalue weighted by Gasteiger charge is -2.15. The topological polar surface area (TPSA) is 108 Å². The third kappa shape index (κ3) is 5.93. The zero-order valence-electron chi connectivity index (χ0n) is 16.8. The molecular weight excluding hydrogens is 396 g/mol. The maximum atomic E-state index is 12.2. The lowest BCUT2D eigenvalue weighted by atomic mass is 10.2. The van der Waals surface area contributed by atoms with Gasteiger partial charge in [0, 0.05) is 35.5 Å². The second-order valence-corrected chi connectivity index (χ2v) is 6.93. The number of carbonyl (C=O) groups is 4. The molecule has 1 fully saturated rings. The average molecular weight is 418 g/mol. The predicted molar refractivity (Wildman–Crippen MR) is 116 cm³/mol. The highest BCUT2D eigenvalue weighted by molar-refractivity contribution is 5.99. The number of benzene rings is 2. The van der Waals surface area contributed by atoms with Crippen LogP contribution in [0, 0.1) is 12.3 Å². The van der Waals surface area contributed by atoms with Gasteiger partial charge in [0.15, 0.2) is 0 Å². The van der Waals surface area contributed by atoms with Crippen LogP contribution in [-0.2, 0) is 14.4 Å². The molecule has 31 heavy (non-hydrogen) atoms. The summed E-state index contributed by atoms with van der Waals surface area (Å²) < 4.78 is 0. The normalized spacial score (nSPS) is 12.7. The van der Waals surface area contributed by atoms with Crippen LogP contribution < -0.4 is 20.9 Å². The fourth-order valence-corrected chi connectivity index (χ4v) is 3.11. The molecule has 0 atom stereocenters. The lowest BCUT2D eigenvalue weighted by molar-refractivity contribution is -0.123. The number of carbonyl (C=O) groups excluding carboxylic acids is 4. The summed E-state index contributed by atoms with van der Waals surface area (Å²) in [6.45, 7) is 0.159. The van der Waals surface area contributed by atoms with Crippen LogP contribution in [0.4, 0.5) is 11.4 Å². The molecular formula is C23H22N4O4. The highest BCUT2D eigenvalue weighted by Gasteiger charge is 2.21. The molecule has 0 bridgehead atoms. The van der Waals surface area contributed by atoms with Gasteiger partial charge in [-0.3, -0.25) is 19.2 Å². The van der Waals surface area contributed by atoms with Gasteiger partial charge in [-0.05, 0) is 48.9 Å². The molecule has 8 heteroatoms. The van der Waals surface area contributed by atoms with E-state index in [2.05, 4.69) is 21.9 Å². The Morgan fingerprint density at radius 2 is 1.74 bits per heavy atom. The maximum Gasteiger partial charge on any atom is 0.251 e. The molecule has 0 spiro atoms. The first kappa shape index (κ1) is 21.6. The molecule has 0 aliphatic carbocycles. The molecule has 158 valence electrons. The Bertz CT molecular complexity index is 1040. The van der Waals surface area contributed by atoms with Crippen molar-refractivity contribution in [1.29, 1.82) is 0 Å². The Kier molecular flexibility index (Phi) is 7.01. The van der Waals surface area contributed by atoms with Crippen molar-refractivity contribution in [2.75, 3.05) is 29.9 Å². The van der Waals surface area contributed by atoms with Crippen molar-refractivity contribution < 1.29 is 19.2 Å². The summed E-state index contributed by atoms with van der Waals surface area (Å²) in [4.78, 5) is 49.6. The number of hydrogen-bond acceptors (Lipinski definition) is 4. The molecule has 2 aromatic carbocycles. The van der Waals surface area contributed by atoms with E-state index >= 15 is 0 Å². The van der Waals surface area contributed by atoms with E-state index in [4.69, 9.17) is 6.42 Å². The Labute approximate surface area is 180 Å². The van der Waals surface area contributed by atoms with Crippen LogP contribution in [0.2, 0.25) is 0 Å². The molecule has 2 aromatic rings. The Morgan fingerprint density at radius 1 is 1.00 bits per heavy atom. The van der Waals surface area contributed by atoms with E-state index < -0.39 is 17.7 Å². The molecule has 3 rings (SSSR count). The fraction of sp³-hybridized carbons (Fsp3) is 0.217. The van der Waals surface area contributed by atoms with E-state index in [0.29, 0.717) is 29.8 Å². The van der Waals surface area contributed by atoms with Crippen LogP contribution in [-0.4, -0.2) is 43.3 Å². The molecule has 1 aliphatic rings. The van der Waals surface area contributed by atoms with E-state index in [9.17, 15) is 19.2 Å². The minimum Gasteiger partial charge on any atom is -0.345 e. The molecule has 0 unspecified atom stereocenters. The van der Waals surface area contributed by atoms with Crippen molar-refractivity contribution in [1.82, 2.24) is 10.6 Å². The van der Waals surface area contributed by atoms with Crippen LogP contribution in [0.25, 0.3) is 0 Å². The second kappa shape index (κ2) is 10.1. The smallest absolute Gasteiger partial charge is 0.251 e. The average Bonchev–Trinajstić information content (AvgIpc) is 3.22. The number of nitrogens with one attached hydrogen (secondary N) is 3. The van der Waals surface area contributed by atoms with E-state index in [1.54, 1.807) is 53.4 Å². The first-order valence-electron chi connectivity index (χ1n) is 9.78. The Balaban J connectivity index is 1.41. The van der Waals surface area contributed by atoms with Crippen molar-refractivity contribution in [3.63, 3.8) is 0 Å². The van der Waals surface area contributed by atoms with E-state index in [0.717, 1.165) is 12.1 Å². The van der Waals surface area contributed by atoms with Gasteiger partial charge in [0.25, 0.3) is 5.91 Å². The van der Waals surface area contributed by atoms with Gasteiger partial charge in [0.2, 0.25) is 17.7 Å². The number of terminal acetylenes is 1. The molecule has 1 saturated heterocycles. The highest BCUT2D eigenvalue weighted by Crippen LogP contribution is 2.21. The summed E-state index contributed by atoms with van der Waals surface area (Å²) in [5, 5.41) is 7.57. The van der Waals surface area contributed by atoms with Gasteiger partial charge in [0.05, 0.1) is 13.1 Å². The molecule has 3 N–H and O–H groups in total. The number of nitrogens with zero attached hydrogens (tertiary/aromatic N) is 1. The summed E-state index contributed by atoms with van der Waals surface area (Å²) >= 11 is 0. The van der Waals surface area contributed by atoms with Gasteiger partial charge in [-0.2, -0.15) is 0 Å². The molecule has 8 nitrogen and oxygen atoms in total. The van der Waals surface area contributed by atoms with Crippen LogP contribution in [0.5, 0.6) is 0 Å². The quantitative estimate of drug-likeness (QED) is 0.589. The predicted octanol–water partition coefficient (Wildman–Crippen LogP) is 1.28. The van der Waals surface area contributed by atoms with Crippen LogP contribution in [0.15, 0.2) is 48.5 Å². The fourth-order valence-electron chi connectivity index (χ4n) is 3.11. The lowest BCUT2D eigenvalue weighted by Crippen LogP contribution is -2.40. The van der Waals surface area contributed by atoms with Crippen LogP contribution >= 0.6 is 0 Å². The van der Waals surface area contributed by atoms with E-state index in [1.165, 1.54) is 0 Å². The highest BCUT2D eigenvalue weighted by atomic mass is 16.2. The SMILES string of the molecule is C#Cc1cccc(NC(=O)CNC(=O)CNC(=O)c2ccc(N3CCCC3=O)cc2)c1. The maximum absolute atomic E-state index is 12.2. The second-order valence-electron chi connectivity index (χ2n) is 6.93. The van der Waals surface area contributed by atoms with Gasteiger partial charge in [-0.1, -0.05) is 12.0 Å². The van der Waals surface area contributed by atoms with Crippen molar-refractivity contribution in [2.45, 2.75) is 12.8 Å². The molecule has 0 saturated carbocycles. The third-order valence-electron chi connectivity index (χ3n) is 4.68. The zero-order chi connectivity index (χ0) is 22.2. The first-order chi connectivity index (χ1) is 15.0. The number of hydrogen-bond donors (Lipinski definition) is 3. The van der Waals surface area contributed by atoms with Crippen molar-refractivity contribution in [3.8, 4) is 12.3 Å². The zero-order valence-corrected chi connectivity index (χ0v) is 16.8. The van der Waals surface area contributed by atoms with E-state index in [-0.39, 0.29) is 19.0 Å². The molecule has 0 radical (unpaired) electrons. The van der Waals surface area contributed by atoms with Gasteiger partial charge in [0.1, 0.15) is 0 Å². The van der Waals surface area contributed by atoms with Crippen LogP contribution in [0.1, 0.15) is 28.8 Å². The van der Waals surface area contributed by atoms with Crippen molar-refractivity contribution in [3.05, 3.63) is 59.7 Å². The van der Waals surface area contributed by atoms with Gasteiger partial charge in [-0.25, -0.2) is 0 Å². The third-order valence-corrected chi connectivity index (χ3v) is 4.68. The van der Waals surface area contributed by atoms with Crippen molar-refractivity contribution in [2.24, 2.45) is 0 Å².